The van der Waals surface area contributed by atoms with Gasteiger partial charge < -0.3 is 4.42 Å². The summed E-state index contributed by atoms with van der Waals surface area (Å²) in [5.74, 6) is 2.39. The highest BCUT2D eigenvalue weighted by Gasteiger charge is 2.22. The van der Waals surface area contributed by atoms with E-state index in [-0.39, 0.29) is 0 Å². The van der Waals surface area contributed by atoms with Gasteiger partial charge in [-0.3, -0.25) is 4.98 Å². The van der Waals surface area contributed by atoms with Crippen LogP contribution in [0, 0.1) is 0 Å². The number of aromatic nitrogens is 4. The molecule has 0 amide bonds. The SMILES string of the molecule is C=Cc1oc2ccncc2c1/C(=C\C)c1nc(-c2ccccc2)nc(-c2ccc(-c3ccccc3)c3ccccc23)n1. The van der Waals surface area contributed by atoms with Crippen molar-refractivity contribution in [3.8, 4) is 33.9 Å². The summed E-state index contributed by atoms with van der Waals surface area (Å²) in [4.78, 5) is 19.5. The smallest absolute Gasteiger partial charge is 0.164 e. The van der Waals surface area contributed by atoms with E-state index in [2.05, 4.69) is 72.2 Å². The largest absolute Gasteiger partial charge is 0.456 e. The quantitative estimate of drug-likeness (QED) is 0.209. The number of furan rings is 1. The van der Waals surface area contributed by atoms with Crippen LogP contribution in [-0.2, 0) is 0 Å². The maximum Gasteiger partial charge on any atom is 0.164 e. The number of rotatable bonds is 6. The van der Waals surface area contributed by atoms with Crippen molar-refractivity contribution < 1.29 is 4.42 Å². The number of benzene rings is 4. The molecule has 0 unspecified atom stereocenters. The first-order chi connectivity index (χ1) is 20.7. The Kier molecular flexibility index (Phi) is 6.45. The lowest BCUT2D eigenvalue weighted by Gasteiger charge is -2.14. The van der Waals surface area contributed by atoms with Crippen LogP contribution < -0.4 is 0 Å². The summed E-state index contributed by atoms with van der Waals surface area (Å²) in [5.41, 5.74) is 6.58. The van der Waals surface area contributed by atoms with E-state index in [1.54, 1.807) is 18.5 Å². The molecule has 0 fully saturated rings. The van der Waals surface area contributed by atoms with Crippen LogP contribution in [0.25, 0.3) is 67.3 Å². The molecule has 0 N–H and O–H groups in total. The summed E-state index contributed by atoms with van der Waals surface area (Å²) in [7, 11) is 0. The first-order valence-electron chi connectivity index (χ1n) is 13.8. The fourth-order valence-electron chi connectivity index (χ4n) is 5.46. The van der Waals surface area contributed by atoms with Gasteiger partial charge in [0, 0.05) is 40.0 Å². The zero-order valence-electron chi connectivity index (χ0n) is 23.0. The van der Waals surface area contributed by atoms with Crippen LogP contribution in [0.3, 0.4) is 0 Å². The summed E-state index contributed by atoms with van der Waals surface area (Å²) < 4.78 is 6.13. The van der Waals surface area contributed by atoms with Gasteiger partial charge in [-0.15, -0.1) is 0 Å². The molecule has 200 valence electrons. The predicted molar refractivity (Wildman–Crippen MR) is 170 cm³/mol. The van der Waals surface area contributed by atoms with Crippen LogP contribution in [0.2, 0.25) is 0 Å². The number of hydrogen-bond acceptors (Lipinski definition) is 5. The van der Waals surface area contributed by atoms with E-state index in [4.69, 9.17) is 19.4 Å². The van der Waals surface area contributed by atoms with E-state index in [9.17, 15) is 0 Å². The molecule has 3 heterocycles. The summed E-state index contributed by atoms with van der Waals surface area (Å²) in [6.07, 6.45) is 7.25. The Morgan fingerprint density at radius 3 is 2.02 bits per heavy atom. The Morgan fingerprint density at radius 1 is 0.667 bits per heavy atom. The van der Waals surface area contributed by atoms with Gasteiger partial charge in [-0.1, -0.05) is 104 Å². The van der Waals surface area contributed by atoms with Gasteiger partial charge in [0.15, 0.2) is 17.5 Å². The summed E-state index contributed by atoms with van der Waals surface area (Å²) >= 11 is 0. The van der Waals surface area contributed by atoms with E-state index < -0.39 is 0 Å². The van der Waals surface area contributed by atoms with Crippen LogP contribution in [0.1, 0.15) is 24.1 Å². The molecule has 5 heteroatoms. The minimum absolute atomic E-state index is 0.548. The molecule has 0 aliphatic carbocycles. The molecule has 0 spiro atoms. The van der Waals surface area contributed by atoms with Crippen molar-refractivity contribution in [3.05, 3.63) is 145 Å². The fraction of sp³-hybridized carbons (Fsp3) is 0.0270. The average Bonchev–Trinajstić information content (AvgIpc) is 3.44. The van der Waals surface area contributed by atoms with Crippen LogP contribution >= 0.6 is 0 Å². The Bertz CT molecular complexity index is 2110. The van der Waals surface area contributed by atoms with Gasteiger partial charge in [-0.05, 0) is 47.0 Å². The van der Waals surface area contributed by atoms with Gasteiger partial charge in [0.1, 0.15) is 11.3 Å². The molecule has 4 aromatic carbocycles. The number of allylic oxidation sites excluding steroid dienone is 1. The Labute approximate surface area is 243 Å². The number of pyridine rings is 1. The molecule has 0 radical (unpaired) electrons. The van der Waals surface area contributed by atoms with Gasteiger partial charge in [0.05, 0.1) is 0 Å². The zero-order chi connectivity index (χ0) is 28.5. The predicted octanol–water partition coefficient (Wildman–Crippen LogP) is 9.26. The zero-order valence-corrected chi connectivity index (χ0v) is 23.0. The third kappa shape index (κ3) is 4.38. The van der Waals surface area contributed by atoms with Crippen LogP contribution in [-0.4, -0.2) is 19.9 Å². The summed E-state index contributed by atoms with van der Waals surface area (Å²) in [6.45, 7) is 5.98. The summed E-state index contributed by atoms with van der Waals surface area (Å²) in [6, 6.07) is 35.0. The number of hydrogen-bond donors (Lipinski definition) is 0. The molecule has 0 atom stereocenters. The molecule has 7 aromatic rings. The standard InChI is InChI=1S/C37H26N4O/c1-3-26(34-31-23-38-22-21-33(31)42-32(34)4-2)36-39-35(25-15-9-6-10-16-25)40-37(41-36)30-20-19-27(24-13-7-5-8-14-24)28-17-11-12-18-29(28)30/h3-23H,2H2,1H3/b26-3+. The first kappa shape index (κ1) is 25.3. The third-order valence-corrected chi connectivity index (χ3v) is 7.42. The lowest BCUT2D eigenvalue weighted by molar-refractivity contribution is 0.603. The van der Waals surface area contributed by atoms with Crippen molar-refractivity contribution >= 4 is 33.4 Å². The first-order valence-corrected chi connectivity index (χ1v) is 13.8. The second kappa shape index (κ2) is 10.7. The van der Waals surface area contributed by atoms with Crippen molar-refractivity contribution in [2.75, 3.05) is 0 Å². The lowest BCUT2D eigenvalue weighted by Crippen LogP contribution is -2.04. The average molecular weight is 543 g/mol. The van der Waals surface area contributed by atoms with Crippen molar-refractivity contribution in [3.63, 3.8) is 0 Å². The molecule has 0 saturated carbocycles. The van der Waals surface area contributed by atoms with Gasteiger partial charge in [0.25, 0.3) is 0 Å². The minimum Gasteiger partial charge on any atom is -0.456 e. The van der Waals surface area contributed by atoms with Crippen molar-refractivity contribution in [2.24, 2.45) is 0 Å². The fourth-order valence-corrected chi connectivity index (χ4v) is 5.46. The molecule has 0 saturated heterocycles. The lowest BCUT2D eigenvalue weighted by atomic mass is 9.94. The van der Waals surface area contributed by atoms with Crippen molar-refractivity contribution in [1.82, 2.24) is 19.9 Å². The van der Waals surface area contributed by atoms with Gasteiger partial charge in [-0.2, -0.15) is 0 Å². The van der Waals surface area contributed by atoms with E-state index in [1.807, 2.05) is 55.5 Å². The van der Waals surface area contributed by atoms with E-state index >= 15 is 0 Å². The molecular formula is C37H26N4O. The van der Waals surface area contributed by atoms with Gasteiger partial charge in [0.2, 0.25) is 0 Å². The maximum atomic E-state index is 6.13. The van der Waals surface area contributed by atoms with Crippen LogP contribution in [0.4, 0.5) is 0 Å². The van der Waals surface area contributed by atoms with Crippen molar-refractivity contribution in [1.29, 1.82) is 0 Å². The molecule has 42 heavy (non-hydrogen) atoms. The van der Waals surface area contributed by atoms with Gasteiger partial charge in [-0.25, -0.2) is 15.0 Å². The molecule has 7 rings (SSSR count). The number of fused-ring (bicyclic) bond motifs is 2. The highest BCUT2D eigenvalue weighted by atomic mass is 16.3. The molecule has 0 aliphatic rings. The molecule has 0 aliphatic heterocycles. The van der Waals surface area contributed by atoms with E-state index in [0.717, 1.165) is 55.1 Å². The maximum absolute atomic E-state index is 6.13. The molecule has 3 aromatic heterocycles. The Balaban J connectivity index is 1.48. The van der Waals surface area contributed by atoms with E-state index in [0.29, 0.717) is 23.2 Å². The van der Waals surface area contributed by atoms with E-state index in [1.165, 1.54) is 0 Å². The topological polar surface area (TPSA) is 64.7 Å². The van der Waals surface area contributed by atoms with Crippen LogP contribution in [0.15, 0.2) is 133 Å². The monoisotopic (exact) mass is 542 g/mol. The molecule has 0 bridgehead atoms. The second-order valence-corrected chi connectivity index (χ2v) is 9.86. The Hall–Kier alpha value is -5.68. The highest BCUT2D eigenvalue weighted by Crippen LogP contribution is 2.38. The summed E-state index contributed by atoms with van der Waals surface area (Å²) in [5, 5.41) is 3.08. The normalized spacial score (nSPS) is 11.7. The van der Waals surface area contributed by atoms with Crippen LogP contribution in [0.5, 0.6) is 0 Å². The number of nitrogens with zero attached hydrogens (tertiary/aromatic N) is 4. The van der Waals surface area contributed by atoms with Crippen molar-refractivity contribution in [2.45, 2.75) is 6.92 Å². The molecular weight excluding hydrogens is 516 g/mol. The minimum atomic E-state index is 0.548. The third-order valence-electron chi connectivity index (χ3n) is 7.42. The van der Waals surface area contributed by atoms with Gasteiger partial charge >= 0.3 is 0 Å². The Morgan fingerprint density at radius 2 is 1.31 bits per heavy atom. The highest BCUT2D eigenvalue weighted by molar-refractivity contribution is 6.04. The molecule has 5 nitrogen and oxygen atoms in total. The second-order valence-electron chi connectivity index (χ2n) is 9.86.